The fourth-order valence-corrected chi connectivity index (χ4v) is 1.22. The minimum Gasteiger partial charge on any atom is -0.396 e. The van der Waals surface area contributed by atoms with Crippen molar-refractivity contribution >= 4 is 0 Å². The van der Waals surface area contributed by atoms with Gasteiger partial charge in [0, 0.05) is 39.5 Å². The molecule has 0 radical (unpaired) electrons. The third-order valence-electron chi connectivity index (χ3n) is 1.90. The summed E-state index contributed by atoms with van der Waals surface area (Å²) < 4.78 is 0. The lowest BCUT2D eigenvalue weighted by Crippen LogP contribution is -2.28. The van der Waals surface area contributed by atoms with E-state index in [-0.39, 0.29) is 19.8 Å². The minimum atomic E-state index is -1.50. The molecule has 0 atom stereocenters. The zero-order valence-electron chi connectivity index (χ0n) is 9.86. The molecule has 0 rings (SSSR count). The summed E-state index contributed by atoms with van der Waals surface area (Å²) >= 11 is 0. The van der Waals surface area contributed by atoms with Crippen molar-refractivity contribution in [1.82, 2.24) is 4.90 Å². The van der Waals surface area contributed by atoms with Crippen LogP contribution in [-0.4, -0.2) is 70.0 Å². The molecule has 4 N–H and O–H groups in total. The Morgan fingerprint density at radius 1 is 0.882 bits per heavy atom. The van der Waals surface area contributed by atoms with Crippen LogP contribution in [0, 0.1) is 10.1 Å². The molecule has 17 heavy (non-hydrogen) atoms. The second-order valence-electron chi connectivity index (χ2n) is 3.31. The van der Waals surface area contributed by atoms with Gasteiger partial charge in [-0.25, -0.2) is 0 Å². The Kier molecular flexibility index (Phi) is 16.3. The highest BCUT2D eigenvalue weighted by Crippen LogP contribution is 1.95. The summed E-state index contributed by atoms with van der Waals surface area (Å²) in [6.45, 7) is 3.14. The van der Waals surface area contributed by atoms with Crippen LogP contribution in [0.25, 0.3) is 0 Å². The Morgan fingerprint density at radius 3 is 1.29 bits per heavy atom. The maximum Gasteiger partial charge on any atom is 0.291 e. The second-order valence-corrected chi connectivity index (χ2v) is 3.31. The van der Waals surface area contributed by atoms with Gasteiger partial charge in [0.2, 0.25) is 0 Å². The molecule has 0 spiro atoms. The first-order chi connectivity index (χ1) is 8.08. The summed E-state index contributed by atoms with van der Waals surface area (Å²) in [5.41, 5.74) is 0. The van der Waals surface area contributed by atoms with E-state index in [1.54, 1.807) is 0 Å². The van der Waals surface area contributed by atoms with E-state index >= 15 is 0 Å². The molecule has 0 aliphatic carbocycles. The largest absolute Gasteiger partial charge is 0.396 e. The first-order valence-corrected chi connectivity index (χ1v) is 5.46. The zero-order valence-corrected chi connectivity index (χ0v) is 9.86. The number of rotatable bonds is 9. The van der Waals surface area contributed by atoms with Gasteiger partial charge in [-0.05, 0) is 19.3 Å². The van der Waals surface area contributed by atoms with E-state index < -0.39 is 5.09 Å². The lowest BCUT2D eigenvalue weighted by molar-refractivity contribution is -0.742. The second kappa shape index (κ2) is 15.0. The van der Waals surface area contributed by atoms with Gasteiger partial charge >= 0.3 is 0 Å². The van der Waals surface area contributed by atoms with Gasteiger partial charge in [0.05, 0.1) is 0 Å². The van der Waals surface area contributed by atoms with Crippen LogP contribution < -0.4 is 0 Å². The van der Waals surface area contributed by atoms with E-state index in [1.807, 2.05) is 0 Å². The summed E-state index contributed by atoms with van der Waals surface area (Å²) in [7, 11) is 0. The van der Waals surface area contributed by atoms with Crippen LogP contribution in [0.2, 0.25) is 0 Å². The average molecular weight is 254 g/mol. The molecule has 0 aliphatic heterocycles. The first-order valence-electron chi connectivity index (χ1n) is 5.46. The van der Waals surface area contributed by atoms with Crippen LogP contribution >= 0.6 is 0 Å². The van der Waals surface area contributed by atoms with Crippen LogP contribution in [-0.2, 0) is 0 Å². The molecule has 104 valence electrons. The molecular formula is C9H22N2O6. The summed E-state index contributed by atoms with van der Waals surface area (Å²) in [6, 6.07) is 0. The van der Waals surface area contributed by atoms with Gasteiger partial charge in [-0.2, -0.15) is 0 Å². The van der Waals surface area contributed by atoms with Gasteiger partial charge < -0.3 is 25.4 Å². The lowest BCUT2D eigenvalue weighted by Gasteiger charge is -2.20. The van der Waals surface area contributed by atoms with Gasteiger partial charge in [0.25, 0.3) is 5.09 Å². The zero-order chi connectivity index (χ0) is 13.5. The van der Waals surface area contributed by atoms with E-state index in [0.717, 1.165) is 38.9 Å². The van der Waals surface area contributed by atoms with E-state index in [1.165, 1.54) is 0 Å². The van der Waals surface area contributed by atoms with E-state index in [2.05, 4.69) is 4.90 Å². The SMILES string of the molecule is O=[N+]([O-])O.OCCCN(CCCO)CCCO. The van der Waals surface area contributed by atoms with Crippen molar-refractivity contribution in [3.8, 4) is 0 Å². The van der Waals surface area contributed by atoms with E-state index in [9.17, 15) is 0 Å². The molecule has 0 aromatic rings. The van der Waals surface area contributed by atoms with Gasteiger partial charge in [0.1, 0.15) is 0 Å². The predicted molar refractivity (Wildman–Crippen MR) is 60.3 cm³/mol. The van der Waals surface area contributed by atoms with Crippen LogP contribution in [0.3, 0.4) is 0 Å². The first kappa shape index (κ1) is 18.4. The molecule has 0 saturated heterocycles. The predicted octanol–water partition coefficient (Wildman–Crippen LogP) is -0.912. The molecular weight excluding hydrogens is 232 g/mol. The minimum absolute atomic E-state index is 0.203. The summed E-state index contributed by atoms with van der Waals surface area (Å²) in [4.78, 5) is 10.5. The molecule has 0 aliphatic rings. The summed E-state index contributed by atoms with van der Waals surface area (Å²) in [5, 5.41) is 39.6. The van der Waals surface area contributed by atoms with Crippen molar-refractivity contribution < 1.29 is 25.6 Å². The van der Waals surface area contributed by atoms with Gasteiger partial charge in [0.15, 0.2) is 0 Å². The highest BCUT2D eigenvalue weighted by Gasteiger charge is 2.02. The van der Waals surface area contributed by atoms with Crippen molar-refractivity contribution in [3.63, 3.8) is 0 Å². The Balaban J connectivity index is 0. The third kappa shape index (κ3) is 21.0. The normalized spacial score (nSPS) is 9.88. The molecule has 0 saturated carbocycles. The van der Waals surface area contributed by atoms with Crippen LogP contribution in [0.1, 0.15) is 19.3 Å². The number of hydrogen-bond acceptors (Lipinski definition) is 6. The fraction of sp³-hybridized carbons (Fsp3) is 1.00. The molecule has 0 bridgehead atoms. The lowest BCUT2D eigenvalue weighted by atomic mass is 10.3. The van der Waals surface area contributed by atoms with Gasteiger partial charge in [-0.3, -0.25) is 0 Å². The van der Waals surface area contributed by atoms with E-state index in [4.69, 9.17) is 30.6 Å². The molecule has 8 heteroatoms. The molecule has 0 aromatic carbocycles. The number of nitrogens with zero attached hydrogens (tertiary/aromatic N) is 2. The fourth-order valence-electron chi connectivity index (χ4n) is 1.22. The summed E-state index contributed by atoms with van der Waals surface area (Å²) in [5.74, 6) is 0. The molecule has 8 nitrogen and oxygen atoms in total. The topological polar surface area (TPSA) is 127 Å². The quantitative estimate of drug-likeness (QED) is 0.310. The molecule has 0 aromatic heterocycles. The molecule has 0 amide bonds. The smallest absolute Gasteiger partial charge is 0.291 e. The van der Waals surface area contributed by atoms with Crippen LogP contribution in [0.4, 0.5) is 0 Å². The van der Waals surface area contributed by atoms with Gasteiger partial charge in [-0.1, -0.05) is 0 Å². The standard InChI is InChI=1S/C9H21NO3.HNO3/c11-7-1-4-10(5-2-8-12)6-3-9-13;2-1(3)4/h11-13H,1-9H2;(H,2,3,4). The number of aliphatic hydroxyl groups is 3. The van der Waals surface area contributed by atoms with Crippen molar-refractivity contribution in [2.75, 3.05) is 39.5 Å². The number of hydrogen-bond donors (Lipinski definition) is 4. The van der Waals surface area contributed by atoms with Crippen molar-refractivity contribution in [3.05, 3.63) is 10.1 Å². The van der Waals surface area contributed by atoms with Gasteiger partial charge in [-0.15, -0.1) is 10.1 Å². The van der Waals surface area contributed by atoms with Crippen LogP contribution in [0.5, 0.6) is 0 Å². The molecule has 0 unspecified atom stereocenters. The highest BCUT2D eigenvalue weighted by atomic mass is 16.9. The maximum atomic E-state index is 8.64. The van der Waals surface area contributed by atoms with Crippen molar-refractivity contribution in [1.29, 1.82) is 0 Å². The van der Waals surface area contributed by atoms with Crippen LogP contribution in [0.15, 0.2) is 0 Å². The average Bonchev–Trinajstić information content (AvgIpc) is 2.27. The van der Waals surface area contributed by atoms with Crippen molar-refractivity contribution in [2.24, 2.45) is 0 Å². The Bertz CT molecular complexity index is 147. The Labute approximate surface area is 100 Å². The Morgan fingerprint density at radius 2 is 1.12 bits per heavy atom. The summed E-state index contributed by atoms with van der Waals surface area (Å²) in [6.07, 6.45) is 2.28. The highest BCUT2D eigenvalue weighted by molar-refractivity contribution is 4.57. The maximum absolute atomic E-state index is 8.64. The third-order valence-corrected chi connectivity index (χ3v) is 1.90. The Hall–Kier alpha value is -0.960. The monoisotopic (exact) mass is 254 g/mol. The number of aliphatic hydroxyl groups excluding tert-OH is 3. The van der Waals surface area contributed by atoms with E-state index in [0.29, 0.717) is 0 Å². The molecule has 0 heterocycles. The molecule has 0 fully saturated rings. The van der Waals surface area contributed by atoms with Crippen molar-refractivity contribution in [2.45, 2.75) is 19.3 Å².